The molecule has 0 spiro atoms. The normalized spacial score (nSPS) is 12.3. The molecule has 0 aliphatic carbocycles. The van der Waals surface area contributed by atoms with Gasteiger partial charge in [-0.25, -0.2) is 0 Å². The predicted octanol–water partition coefficient (Wildman–Crippen LogP) is 5.58. The van der Waals surface area contributed by atoms with Crippen LogP contribution >= 0.6 is 0 Å². The van der Waals surface area contributed by atoms with Crippen molar-refractivity contribution in [3.63, 3.8) is 0 Å². The van der Waals surface area contributed by atoms with Gasteiger partial charge in [0.05, 0.1) is 6.04 Å². The molecule has 0 heterocycles. The summed E-state index contributed by atoms with van der Waals surface area (Å²) in [7, 11) is 0. The molecule has 0 fully saturated rings. The lowest BCUT2D eigenvalue weighted by Crippen LogP contribution is -2.33. The van der Waals surface area contributed by atoms with Gasteiger partial charge in [-0.2, -0.15) is 0 Å². The Hall–Kier alpha value is -3.07. The van der Waals surface area contributed by atoms with E-state index in [1.807, 2.05) is 66.7 Å². The molecule has 3 aromatic carbocycles. The van der Waals surface area contributed by atoms with Gasteiger partial charge in [-0.15, -0.1) is 0 Å². The highest BCUT2D eigenvalue weighted by Crippen LogP contribution is 2.26. The van der Waals surface area contributed by atoms with Crippen LogP contribution in [0.15, 0.2) is 78.9 Å². The van der Waals surface area contributed by atoms with Gasteiger partial charge in [0.1, 0.15) is 5.75 Å². The van der Waals surface area contributed by atoms with Crippen LogP contribution in [0.3, 0.4) is 0 Å². The van der Waals surface area contributed by atoms with Gasteiger partial charge >= 0.3 is 0 Å². The van der Waals surface area contributed by atoms with Gasteiger partial charge in [0, 0.05) is 0 Å². The second-order valence-corrected chi connectivity index (χ2v) is 8.33. The Morgan fingerprint density at radius 2 is 1.52 bits per heavy atom. The summed E-state index contributed by atoms with van der Waals surface area (Å²) >= 11 is 0. The molecule has 0 aromatic heterocycles. The van der Waals surface area contributed by atoms with Crippen molar-refractivity contribution in [3.8, 4) is 5.75 Å². The molecule has 3 heteroatoms. The first-order valence-electron chi connectivity index (χ1n) is 9.98. The Kier molecular flexibility index (Phi) is 6.38. The quantitative estimate of drug-likeness (QED) is 0.600. The lowest BCUT2D eigenvalue weighted by Gasteiger charge is -2.22. The minimum Gasteiger partial charge on any atom is -0.484 e. The van der Waals surface area contributed by atoms with Crippen molar-refractivity contribution < 1.29 is 9.53 Å². The van der Waals surface area contributed by atoms with E-state index >= 15 is 0 Å². The molecule has 0 aliphatic rings. The molecule has 3 nitrogen and oxygen atoms in total. The van der Waals surface area contributed by atoms with Crippen LogP contribution in [0, 0.1) is 6.92 Å². The van der Waals surface area contributed by atoms with Gasteiger partial charge < -0.3 is 10.1 Å². The maximum absolute atomic E-state index is 12.7. The molecule has 0 saturated carbocycles. The van der Waals surface area contributed by atoms with E-state index in [-0.39, 0.29) is 24.0 Å². The summed E-state index contributed by atoms with van der Waals surface area (Å²) in [6.07, 6.45) is 0. The van der Waals surface area contributed by atoms with Crippen LogP contribution in [0.5, 0.6) is 5.75 Å². The van der Waals surface area contributed by atoms with Gasteiger partial charge in [-0.05, 0) is 46.7 Å². The third-order valence-electron chi connectivity index (χ3n) is 5.03. The number of carbonyl (C=O) groups excluding carboxylic acids is 1. The van der Waals surface area contributed by atoms with E-state index in [9.17, 15) is 4.79 Å². The highest BCUT2D eigenvalue weighted by Gasteiger charge is 2.19. The second-order valence-electron chi connectivity index (χ2n) is 8.33. The van der Waals surface area contributed by atoms with E-state index in [4.69, 9.17) is 4.74 Å². The number of aryl methyl sites for hydroxylation is 1. The Labute approximate surface area is 173 Å². The number of benzene rings is 3. The molecule has 3 rings (SSSR count). The zero-order chi connectivity index (χ0) is 20.9. The van der Waals surface area contributed by atoms with E-state index in [2.05, 4.69) is 45.1 Å². The van der Waals surface area contributed by atoms with Crippen molar-refractivity contribution >= 4 is 5.91 Å². The minimum absolute atomic E-state index is 0.0237. The lowest BCUT2D eigenvalue weighted by atomic mass is 9.87. The number of ether oxygens (including phenoxy) is 1. The Balaban J connectivity index is 1.70. The minimum atomic E-state index is -0.211. The van der Waals surface area contributed by atoms with E-state index in [1.54, 1.807) is 0 Å². The van der Waals surface area contributed by atoms with Crippen molar-refractivity contribution in [3.05, 3.63) is 101 Å². The van der Waals surface area contributed by atoms with Crippen LogP contribution in [-0.4, -0.2) is 12.5 Å². The van der Waals surface area contributed by atoms with Crippen LogP contribution in [-0.2, 0) is 10.2 Å². The van der Waals surface area contributed by atoms with Crippen LogP contribution in [0.1, 0.15) is 49.1 Å². The van der Waals surface area contributed by atoms with E-state index in [0.717, 1.165) is 16.7 Å². The Morgan fingerprint density at radius 1 is 0.897 bits per heavy atom. The largest absolute Gasteiger partial charge is 0.484 e. The molecule has 0 aliphatic heterocycles. The van der Waals surface area contributed by atoms with Crippen molar-refractivity contribution in [2.45, 2.75) is 39.2 Å². The summed E-state index contributed by atoms with van der Waals surface area (Å²) in [4.78, 5) is 12.7. The molecule has 1 atom stereocenters. The third kappa shape index (κ3) is 5.47. The van der Waals surface area contributed by atoms with Gasteiger partial charge in [0.25, 0.3) is 5.91 Å². The molecular weight excluding hydrogens is 358 g/mol. The number of nitrogens with one attached hydrogen (secondary N) is 1. The van der Waals surface area contributed by atoms with Gasteiger partial charge in [0.2, 0.25) is 0 Å². The van der Waals surface area contributed by atoms with Crippen molar-refractivity contribution in [2.24, 2.45) is 0 Å². The van der Waals surface area contributed by atoms with Crippen LogP contribution in [0.2, 0.25) is 0 Å². The highest BCUT2D eigenvalue weighted by atomic mass is 16.5. The zero-order valence-electron chi connectivity index (χ0n) is 17.6. The highest BCUT2D eigenvalue weighted by molar-refractivity contribution is 5.78. The number of carbonyl (C=O) groups is 1. The van der Waals surface area contributed by atoms with Gasteiger partial charge in [-0.3, -0.25) is 4.79 Å². The molecule has 1 N–H and O–H groups in total. The molecule has 29 heavy (non-hydrogen) atoms. The van der Waals surface area contributed by atoms with Crippen LogP contribution < -0.4 is 10.1 Å². The summed E-state index contributed by atoms with van der Waals surface area (Å²) in [6, 6.07) is 25.9. The van der Waals surface area contributed by atoms with Crippen molar-refractivity contribution in [2.75, 3.05) is 6.61 Å². The smallest absolute Gasteiger partial charge is 0.258 e. The summed E-state index contributed by atoms with van der Waals surface area (Å²) in [5.74, 6) is 0.544. The zero-order valence-corrected chi connectivity index (χ0v) is 17.6. The van der Waals surface area contributed by atoms with Crippen LogP contribution in [0.25, 0.3) is 0 Å². The third-order valence-corrected chi connectivity index (χ3v) is 5.03. The maximum atomic E-state index is 12.7. The standard InChI is InChI=1S/C26H29NO2/c1-19-10-8-9-13-23(19)25(20-11-6-5-7-12-20)27-24(28)18-29-22-16-14-21(15-17-22)26(2,3)4/h5-17,25H,18H2,1-4H3,(H,27,28)/t25-/m1/s1. The fraction of sp³-hybridized carbons (Fsp3) is 0.269. The molecular formula is C26H29NO2. The molecule has 1 amide bonds. The SMILES string of the molecule is Cc1ccccc1[C@H](NC(=O)COc1ccc(C(C)(C)C)cc1)c1ccccc1. The summed E-state index contributed by atoms with van der Waals surface area (Å²) in [6.45, 7) is 8.55. The Bertz CT molecular complexity index is 940. The molecule has 0 saturated heterocycles. The average Bonchev–Trinajstić information content (AvgIpc) is 2.71. The summed E-state index contributed by atoms with van der Waals surface area (Å²) < 4.78 is 5.73. The van der Waals surface area contributed by atoms with E-state index < -0.39 is 0 Å². The fourth-order valence-corrected chi connectivity index (χ4v) is 3.30. The number of amides is 1. The molecule has 150 valence electrons. The van der Waals surface area contributed by atoms with E-state index in [0.29, 0.717) is 5.75 Å². The molecule has 0 bridgehead atoms. The Morgan fingerprint density at radius 3 is 2.14 bits per heavy atom. The fourth-order valence-electron chi connectivity index (χ4n) is 3.30. The maximum Gasteiger partial charge on any atom is 0.258 e. The van der Waals surface area contributed by atoms with E-state index in [1.165, 1.54) is 5.56 Å². The number of hydrogen-bond acceptors (Lipinski definition) is 2. The first kappa shape index (κ1) is 20.7. The second kappa shape index (κ2) is 8.95. The number of rotatable bonds is 6. The summed E-state index contributed by atoms with van der Waals surface area (Å²) in [5.41, 5.74) is 4.59. The lowest BCUT2D eigenvalue weighted by molar-refractivity contribution is -0.123. The average molecular weight is 388 g/mol. The molecule has 0 radical (unpaired) electrons. The van der Waals surface area contributed by atoms with Gasteiger partial charge in [-0.1, -0.05) is 87.5 Å². The molecule has 3 aromatic rings. The molecule has 0 unspecified atom stereocenters. The van der Waals surface area contributed by atoms with Gasteiger partial charge in [0.15, 0.2) is 6.61 Å². The monoisotopic (exact) mass is 387 g/mol. The van der Waals surface area contributed by atoms with Crippen molar-refractivity contribution in [1.29, 1.82) is 0 Å². The summed E-state index contributed by atoms with van der Waals surface area (Å²) in [5, 5.41) is 3.13. The topological polar surface area (TPSA) is 38.3 Å². The first-order valence-corrected chi connectivity index (χ1v) is 9.98. The van der Waals surface area contributed by atoms with Crippen molar-refractivity contribution in [1.82, 2.24) is 5.32 Å². The predicted molar refractivity (Wildman–Crippen MR) is 118 cm³/mol. The first-order chi connectivity index (χ1) is 13.8. The van der Waals surface area contributed by atoms with Crippen LogP contribution in [0.4, 0.5) is 0 Å². The number of hydrogen-bond donors (Lipinski definition) is 1.